The summed E-state index contributed by atoms with van der Waals surface area (Å²) in [5.41, 5.74) is -0.0993. The number of amides is 1. The molecule has 0 bridgehead atoms. The van der Waals surface area contributed by atoms with Crippen LogP contribution in [-0.4, -0.2) is 43.9 Å². The number of nitrogens with zero attached hydrogens (tertiary/aromatic N) is 1. The van der Waals surface area contributed by atoms with E-state index in [-0.39, 0.29) is 28.9 Å². The summed E-state index contributed by atoms with van der Waals surface area (Å²) in [6.45, 7) is 0. The monoisotopic (exact) mass is 301 g/mol. The zero-order chi connectivity index (χ0) is 14.8. The Balaban J connectivity index is 2.06. The van der Waals surface area contributed by atoms with Crippen molar-refractivity contribution in [1.82, 2.24) is 10.3 Å². The van der Waals surface area contributed by atoms with Gasteiger partial charge in [-0.15, -0.1) is 0 Å². The van der Waals surface area contributed by atoms with E-state index in [1.54, 1.807) is 0 Å². The van der Waals surface area contributed by atoms with Gasteiger partial charge in [-0.05, 0) is 18.9 Å². The van der Waals surface area contributed by atoms with Crippen molar-refractivity contribution in [2.24, 2.45) is 0 Å². The van der Waals surface area contributed by atoms with Gasteiger partial charge < -0.3 is 10.6 Å². The van der Waals surface area contributed by atoms with Gasteiger partial charge in [0.2, 0.25) is 0 Å². The standard InChI is InChI=1S/C12H16FN3O3S/c1-14-11-10(13)9(2-5-15-11)12(17)16-8-3-6-20(18,19)7-4-8/h2,5,8H,3-4,6-7H2,1H3,(H,14,15)(H,16,17). The number of carbonyl (C=O) groups excluding carboxylic acids is 1. The molecule has 0 saturated carbocycles. The van der Waals surface area contributed by atoms with Crippen LogP contribution in [0.25, 0.3) is 0 Å². The summed E-state index contributed by atoms with van der Waals surface area (Å²) in [5, 5.41) is 5.23. The molecular formula is C12H16FN3O3S. The molecule has 1 fully saturated rings. The Morgan fingerprint density at radius 2 is 2.05 bits per heavy atom. The first-order chi connectivity index (χ1) is 9.43. The molecule has 1 saturated heterocycles. The van der Waals surface area contributed by atoms with E-state index in [0.29, 0.717) is 12.8 Å². The van der Waals surface area contributed by atoms with Crippen molar-refractivity contribution in [1.29, 1.82) is 0 Å². The van der Waals surface area contributed by atoms with Crippen molar-refractivity contribution in [3.05, 3.63) is 23.6 Å². The summed E-state index contributed by atoms with van der Waals surface area (Å²) >= 11 is 0. The fourth-order valence-electron chi connectivity index (χ4n) is 2.09. The molecule has 1 aliphatic heterocycles. The van der Waals surface area contributed by atoms with E-state index in [2.05, 4.69) is 15.6 Å². The van der Waals surface area contributed by atoms with Gasteiger partial charge in [-0.25, -0.2) is 17.8 Å². The number of nitrogens with one attached hydrogen (secondary N) is 2. The molecule has 1 aromatic heterocycles. The summed E-state index contributed by atoms with van der Waals surface area (Å²) < 4.78 is 36.5. The van der Waals surface area contributed by atoms with Gasteiger partial charge in [-0.2, -0.15) is 0 Å². The Bertz CT molecular complexity index is 604. The zero-order valence-corrected chi connectivity index (χ0v) is 11.8. The highest BCUT2D eigenvalue weighted by molar-refractivity contribution is 7.91. The van der Waals surface area contributed by atoms with Crippen LogP contribution in [0.15, 0.2) is 12.3 Å². The molecule has 1 amide bonds. The van der Waals surface area contributed by atoms with Crippen LogP contribution in [0.1, 0.15) is 23.2 Å². The molecule has 8 heteroatoms. The fourth-order valence-corrected chi connectivity index (χ4v) is 3.58. The molecule has 0 unspecified atom stereocenters. The van der Waals surface area contributed by atoms with Crippen LogP contribution in [0.4, 0.5) is 10.2 Å². The molecule has 2 heterocycles. The van der Waals surface area contributed by atoms with E-state index >= 15 is 0 Å². The molecule has 0 aliphatic carbocycles. The Kier molecular flexibility index (Phi) is 4.22. The molecule has 0 spiro atoms. The third kappa shape index (κ3) is 3.24. The molecule has 2 N–H and O–H groups in total. The van der Waals surface area contributed by atoms with E-state index in [1.165, 1.54) is 19.3 Å². The Labute approximate surface area is 116 Å². The lowest BCUT2D eigenvalue weighted by atomic mass is 10.1. The molecule has 0 aromatic carbocycles. The minimum atomic E-state index is -2.98. The zero-order valence-electron chi connectivity index (χ0n) is 11.0. The number of carbonyl (C=O) groups is 1. The first kappa shape index (κ1) is 14.7. The summed E-state index contributed by atoms with van der Waals surface area (Å²) in [7, 11) is -1.47. The van der Waals surface area contributed by atoms with E-state index in [1.807, 2.05) is 0 Å². The number of hydrogen-bond donors (Lipinski definition) is 2. The number of sulfone groups is 1. The average Bonchev–Trinajstić information content (AvgIpc) is 2.41. The Morgan fingerprint density at radius 1 is 1.40 bits per heavy atom. The second kappa shape index (κ2) is 5.74. The van der Waals surface area contributed by atoms with Crippen LogP contribution in [0.3, 0.4) is 0 Å². The van der Waals surface area contributed by atoms with E-state index in [9.17, 15) is 17.6 Å². The topological polar surface area (TPSA) is 88.2 Å². The molecule has 2 rings (SSSR count). The average molecular weight is 301 g/mol. The number of hydrogen-bond acceptors (Lipinski definition) is 5. The van der Waals surface area contributed by atoms with Crippen LogP contribution in [0.5, 0.6) is 0 Å². The molecule has 1 aliphatic rings. The highest BCUT2D eigenvalue weighted by atomic mass is 32.2. The summed E-state index contributed by atoms with van der Waals surface area (Å²) in [6, 6.07) is 1.06. The maximum absolute atomic E-state index is 13.9. The van der Waals surface area contributed by atoms with Crippen molar-refractivity contribution in [2.45, 2.75) is 18.9 Å². The van der Waals surface area contributed by atoms with Crippen molar-refractivity contribution in [3.63, 3.8) is 0 Å². The number of aromatic nitrogens is 1. The predicted molar refractivity (Wildman–Crippen MR) is 72.9 cm³/mol. The van der Waals surface area contributed by atoms with Gasteiger partial charge in [0.05, 0.1) is 17.1 Å². The Morgan fingerprint density at radius 3 is 2.65 bits per heavy atom. The van der Waals surface area contributed by atoms with Crippen LogP contribution < -0.4 is 10.6 Å². The lowest BCUT2D eigenvalue weighted by Gasteiger charge is -2.23. The lowest BCUT2D eigenvalue weighted by molar-refractivity contribution is 0.0930. The van der Waals surface area contributed by atoms with Gasteiger partial charge in [-0.3, -0.25) is 4.79 Å². The minimum absolute atomic E-state index is 0.00359. The third-order valence-corrected chi connectivity index (χ3v) is 4.98. The number of anilines is 1. The van der Waals surface area contributed by atoms with Crippen molar-refractivity contribution in [3.8, 4) is 0 Å². The first-order valence-corrected chi connectivity index (χ1v) is 8.08. The van der Waals surface area contributed by atoms with E-state index in [4.69, 9.17) is 0 Å². The van der Waals surface area contributed by atoms with Gasteiger partial charge in [0.1, 0.15) is 9.84 Å². The van der Waals surface area contributed by atoms with E-state index in [0.717, 1.165) is 0 Å². The molecule has 110 valence electrons. The van der Waals surface area contributed by atoms with Crippen molar-refractivity contribution >= 4 is 21.6 Å². The fraction of sp³-hybridized carbons (Fsp3) is 0.500. The second-order valence-electron chi connectivity index (χ2n) is 4.67. The van der Waals surface area contributed by atoms with Crippen LogP contribution in [0, 0.1) is 5.82 Å². The van der Waals surface area contributed by atoms with Crippen LogP contribution in [-0.2, 0) is 9.84 Å². The molecule has 1 aromatic rings. The predicted octanol–water partition coefficient (Wildman–Crippen LogP) is 0.569. The number of rotatable bonds is 3. The minimum Gasteiger partial charge on any atom is -0.371 e. The maximum atomic E-state index is 13.9. The smallest absolute Gasteiger partial charge is 0.254 e. The molecule has 0 atom stereocenters. The molecule has 20 heavy (non-hydrogen) atoms. The highest BCUT2D eigenvalue weighted by Crippen LogP contribution is 2.16. The summed E-state index contributed by atoms with van der Waals surface area (Å²) in [5.74, 6) is -1.15. The summed E-state index contributed by atoms with van der Waals surface area (Å²) in [4.78, 5) is 15.8. The van der Waals surface area contributed by atoms with Crippen molar-refractivity contribution in [2.75, 3.05) is 23.9 Å². The van der Waals surface area contributed by atoms with Gasteiger partial charge in [0.15, 0.2) is 11.6 Å². The van der Waals surface area contributed by atoms with E-state index < -0.39 is 21.6 Å². The summed E-state index contributed by atoms with van der Waals surface area (Å²) in [6.07, 6.45) is 2.06. The molecule has 6 nitrogen and oxygen atoms in total. The largest absolute Gasteiger partial charge is 0.371 e. The van der Waals surface area contributed by atoms with Gasteiger partial charge in [-0.1, -0.05) is 0 Å². The van der Waals surface area contributed by atoms with Gasteiger partial charge >= 0.3 is 0 Å². The van der Waals surface area contributed by atoms with Crippen LogP contribution >= 0.6 is 0 Å². The maximum Gasteiger partial charge on any atom is 0.254 e. The SMILES string of the molecule is CNc1nccc(C(=O)NC2CCS(=O)(=O)CC2)c1F. The lowest BCUT2D eigenvalue weighted by Crippen LogP contribution is -2.41. The first-order valence-electron chi connectivity index (χ1n) is 6.26. The molecular weight excluding hydrogens is 285 g/mol. The Hall–Kier alpha value is -1.70. The quantitative estimate of drug-likeness (QED) is 0.852. The van der Waals surface area contributed by atoms with Gasteiger partial charge in [0.25, 0.3) is 5.91 Å². The number of halogens is 1. The highest BCUT2D eigenvalue weighted by Gasteiger charge is 2.26. The second-order valence-corrected chi connectivity index (χ2v) is 6.97. The number of pyridine rings is 1. The third-order valence-electron chi connectivity index (χ3n) is 3.26. The van der Waals surface area contributed by atoms with Crippen molar-refractivity contribution < 1.29 is 17.6 Å². The van der Waals surface area contributed by atoms with Crippen LogP contribution in [0.2, 0.25) is 0 Å². The van der Waals surface area contributed by atoms with Gasteiger partial charge in [0, 0.05) is 19.3 Å². The normalized spacial score (nSPS) is 18.5. The molecule has 0 radical (unpaired) electrons.